The number of nitriles is 1. The summed E-state index contributed by atoms with van der Waals surface area (Å²) in [6, 6.07) is 6.42. The van der Waals surface area contributed by atoms with E-state index in [2.05, 4.69) is 31.7 Å². The second kappa shape index (κ2) is 11.4. The van der Waals surface area contributed by atoms with Crippen molar-refractivity contribution in [2.45, 2.75) is 26.3 Å². The monoisotopic (exact) mass is 502 g/mol. The van der Waals surface area contributed by atoms with E-state index in [1.165, 1.54) is 28.1 Å². The molecular weight excluding hydrogens is 476 g/mol. The molecule has 0 fully saturated rings. The molecule has 37 heavy (non-hydrogen) atoms. The Morgan fingerprint density at radius 1 is 1.30 bits per heavy atom. The number of carbonyl (C=O) groups excluding carboxylic acids is 2. The van der Waals surface area contributed by atoms with Crippen molar-refractivity contribution in [3.63, 3.8) is 0 Å². The minimum atomic E-state index is -0.461. The van der Waals surface area contributed by atoms with Crippen molar-refractivity contribution in [2.75, 3.05) is 42.3 Å². The van der Waals surface area contributed by atoms with Gasteiger partial charge < -0.3 is 10.1 Å². The molecule has 0 aliphatic carbocycles. The minimum Gasteiger partial charge on any atom is -0.383 e. The number of hydrogen-bond donors (Lipinski definition) is 2. The molecule has 0 atom stereocenters. The summed E-state index contributed by atoms with van der Waals surface area (Å²) < 4.78 is 6.43. The zero-order chi connectivity index (χ0) is 26.4. The molecule has 3 aromatic heterocycles. The number of aldehydes is 1. The molecule has 4 rings (SSSR count). The Kier molecular flexibility index (Phi) is 7.85. The Morgan fingerprint density at radius 3 is 2.86 bits per heavy atom. The topological polar surface area (TPSA) is 155 Å². The van der Waals surface area contributed by atoms with E-state index < -0.39 is 6.03 Å². The van der Waals surface area contributed by atoms with Gasteiger partial charge in [-0.25, -0.2) is 19.7 Å². The van der Waals surface area contributed by atoms with E-state index in [1.807, 2.05) is 6.07 Å². The largest absolute Gasteiger partial charge is 0.383 e. The molecule has 0 radical (unpaired) electrons. The quantitative estimate of drug-likeness (QED) is 0.348. The number of urea groups is 1. The summed E-state index contributed by atoms with van der Waals surface area (Å²) in [4.78, 5) is 51.7. The van der Waals surface area contributed by atoms with Crippen LogP contribution in [0.5, 0.6) is 0 Å². The lowest BCUT2D eigenvalue weighted by atomic mass is 10.0. The maximum Gasteiger partial charge on any atom is 0.328 e. The number of nitrogens with one attached hydrogen (secondary N) is 2. The highest BCUT2D eigenvalue weighted by Crippen LogP contribution is 2.28. The maximum atomic E-state index is 13.2. The summed E-state index contributed by atoms with van der Waals surface area (Å²) in [5.41, 5.74) is 2.76. The number of rotatable bonds is 8. The fourth-order valence-corrected chi connectivity index (χ4v) is 4.03. The molecule has 0 bridgehead atoms. The Bertz CT molecular complexity index is 1430. The highest BCUT2D eigenvalue weighted by atomic mass is 16.5. The van der Waals surface area contributed by atoms with Gasteiger partial charge in [0.25, 0.3) is 5.56 Å². The van der Waals surface area contributed by atoms with Crippen molar-refractivity contribution >= 4 is 29.6 Å². The number of amides is 2. The average molecular weight is 503 g/mol. The first-order valence-electron chi connectivity index (χ1n) is 11.7. The predicted molar refractivity (Wildman–Crippen MR) is 136 cm³/mol. The molecule has 0 saturated heterocycles. The first-order chi connectivity index (χ1) is 17.9. The number of hydrogen-bond acceptors (Lipinski definition) is 9. The molecule has 1 aliphatic rings. The number of fused-ring (bicyclic) bond motifs is 1. The minimum absolute atomic E-state index is 0.140. The van der Waals surface area contributed by atoms with Crippen molar-refractivity contribution < 1.29 is 14.3 Å². The second-order valence-corrected chi connectivity index (χ2v) is 8.46. The van der Waals surface area contributed by atoms with Gasteiger partial charge in [-0.1, -0.05) is 0 Å². The number of methoxy groups -OCH3 is 1. The summed E-state index contributed by atoms with van der Waals surface area (Å²) in [5.74, 6) is 0.644. The van der Waals surface area contributed by atoms with Gasteiger partial charge in [0.1, 0.15) is 23.4 Å². The van der Waals surface area contributed by atoms with E-state index in [4.69, 9.17) is 4.74 Å². The lowest BCUT2D eigenvalue weighted by molar-refractivity contribution is 0.111. The van der Waals surface area contributed by atoms with Crippen molar-refractivity contribution in [1.82, 2.24) is 19.5 Å². The van der Waals surface area contributed by atoms with Crippen LogP contribution in [0.2, 0.25) is 0 Å². The van der Waals surface area contributed by atoms with Gasteiger partial charge in [-0.15, -0.1) is 0 Å². The molecule has 3 aromatic rings. The van der Waals surface area contributed by atoms with Crippen LogP contribution in [0, 0.1) is 18.3 Å². The smallest absolute Gasteiger partial charge is 0.328 e. The van der Waals surface area contributed by atoms with Gasteiger partial charge in [0.2, 0.25) is 0 Å². The fraction of sp³-hybridized carbons (Fsp3) is 0.320. The van der Waals surface area contributed by atoms with Crippen LogP contribution in [0.1, 0.15) is 39.3 Å². The highest BCUT2D eigenvalue weighted by molar-refractivity contribution is 6.01. The third kappa shape index (κ3) is 5.79. The van der Waals surface area contributed by atoms with E-state index in [0.29, 0.717) is 67.2 Å². The number of aryl methyl sites for hydroxylation is 2. The highest BCUT2D eigenvalue weighted by Gasteiger charge is 2.26. The third-order valence-corrected chi connectivity index (χ3v) is 5.87. The number of carbonyl (C=O) groups is 2. The summed E-state index contributed by atoms with van der Waals surface area (Å²) in [6.45, 7) is 3.20. The summed E-state index contributed by atoms with van der Waals surface area (Å²) in [5, 5.41) is 15.2. The number of nitrogens with zero attached hydrogens (tertiary/aromatic N) is 6. The van der Waals surface area contributed by atoms with Crippen molar-refractivity contribution in [1.29, 1.82) is 5.26 Å². The Hall–Kier alpha value is -4.63. The lowest BCUT2D eigenvalue weighted by Crippen LogP contribution is -2.40. The lowest BCUT2D eigenvalue weighted by Gasteiger charge is -2.29. The molecule has 4 heterocycles. The van der Waals surface area contributed by atoms with E-state index in [-0.39, 0.29) is 23.6 Å². The van der Waals surface area contributed by atoms with E-state index in [1.54, 1.807) is 20.1 Å². The third-order valence-electron chi connectivity index (χ3n) is 5.87. The second-order valence-electron chi connectivity index (χ2n) is 8.46. The van der Waals surface area contributed by atoms with Crippen molar-refractivity contribution in [3.8, 4) is 6.07 Å². The molecule has 0 aromatic carbocycles. The number of anilines is 3. The molecule has 190 valence electrons. The summed E-state index contributed by atoms with van der Waals surface area (Å²) in [6.07, 6.45) is 4.80. The average Bonchev–Trinajstić information content (AvgIpc) is 2.89. The molecule has 1 aliphatic heterocycles. The van der Waals surface area contributed by atoms with Crippen LogP contribution in [-0.2, 0) is 17.7 Å². The molecule has 12 heteroatoms. The van der Waals surface area contributed by atoms with Gasteiger partial charge >= 0.3 is 6.03 Å². The van der Waals surface area contributed by atoms with Crippen LogP contribution in [0.3, 0.4) is 0 Å². The van der Waals surface area contributed by atoms with Crippen LogP contribution in [0.25, 0.3) is 0 Å². The standard InChI is InChI=1S/C25H26N8O4/c1-16-8-23(35)32(15-29-16)13-18-9-17-4-3-6-33(24(17)30-21(18)14-34)25(36)31-22-10-20(27-5-7-37-2)19(11-26)12-28-22/h8-10,12,14-15H,3-7,13H2,1-2H3,(H2,27,28,31,36). The molecule has 2 N–H and O–H groups in total. The Morgan fingerprint density at radius 2 is 2.14 bits per heavy atom. The van der Waals surface area contributed by atoms with Crippen LogP contribution in [-0.4, -0.2) is 58.6 Å². The SMILES string of the molecule is COCCNc1cc(NC(=O)N2CCCc3cc(Cn4cnc(C)cc4=O)c(C=O)nc32)ncc1C#N. The number of pyridine rings is 2. The van der Waals surface area contributed by atoms with Crippen LogP contribution in [0.4, 0.5) is 22.1 Å². The van der Waals surface area contributed by atoms with Crippen LogP contribution < -0.4 is 21.1 Å². The molecule has 12 nitrogen and oxygen atoms in total. The van der Waals surface area contributed by atoms with Gasteiger partial charge in [-0.3, -0.25) is 24.4 Å². The molecule has 2 amide bonds. The summed E-state index contributed by atoms with van der Waals surface area (Å²) in [7, 11) is 1.58. The van der Waals surface area contributed by atoms with Gasteiger partial charge in [0.05, 0.1) is 30.7 Å². The van der Waals surface area contributed by atoms with Crippen LogP contribution in [0.15, 0.2) is 35.5 Å². The van der Waals surface area contributed by atoms with Crippen LogP contribution >= 0.6 is 0 Å². The van der Waals surface area contributed by atoms with E-state index >= 15 is 0 Å². The molecule has 0 unspecified atom stereocenters. The van der Waals surface area contributed by atoms with Crippen molar-refractivity contribution in [3.05, 3.63) is 69.2 Å². The van der Waals surface area contributed by atoms with Gasteiger partial charge in [-0.2, -0.15) is 5.26 Å². The Labute approximate surface area is 212 Å². The number of ether oxygens (including phenoxy) is 1. The maximum absolute atomic E-state index is 13.2. The predicted octanol–water partition coefficient (Wildman–Crippen LogP) is 2.12. The fourth-order valence-electron chi connectivity index (χ4n) is 4.03. The zero-order valence-corrected chi connectivity index (χ0v) is 20.5. The molecular formula is C25H26N8O4. The Balaban J connectivity index is 1.58. The van der Waals surface area contributed by atoms with Gasteiger partial charge in [0.15, 0.2) is 6.29 Å². The number of aromatic nitrogens is 4. The first kappa shape index (κ1) is 25.5. The van der Waals surface area contributed by atoms with E-state index in [0.717, 1.165) is 5.56 Å². The van der Waals surface area contributed by atoms with Gasteiger partial charge in [0, 0.05) is 49.8 Å². The molecule has 0 spiro atoms. The van der Waals surface area contributed by atoms with Crippen molar-refractivity contribution in [2.24, 2.45) is 0 Å². The first-order valence-corrected chi connectivity index (χ1v) is 11.7. The molecule has 0 saturated carbocycles. The normalized spacial score (nSPS) is 12.4. The van der Waals surface area contributed by atoms with Gasteiger partial charge in [-0.05, 0) is 31.4 Å². The summed E-state index contributed by atoms with van der Waals surface area (Å²) >= 11 is 0. The van der Waals surface area contributed by atoms with E-state index in [9.17, 15) is 19.6 Å². The zero-order valence-electron chi connectivity index (χ0n) is 20.5.